The predicted octanol–water partition coefficient (Wildman–Crippen LogP) is 3.07. The van der Waals surface area contributed by atoms with Crippen LogP contribution < -0.4 is 5.56 Å². The van der Waals surface area contributed by atoms with Gasteiger partial charge in [0.1, 0.15) is 4.34 Å². The van der Waals surface area contributed by atoms with Crippen LogP contribution in [-0.4, -0.2) is 3.96 Å². The average molecular weight is 218 g/mol. The molecule has 0 aromatic carbocycles. The molecular weight excluding hydrogens is 206 g/mol. The third-order valence-corrected chi connectivity index (χ3v) is 3.83. The minimum atomic E-state index is 0.0712. The van der Waals surface area contributed by atoms with Gasteiger partial charge in [0.2, 0.25) is 0 Å². The Labute approximate surface area is 86.3 Å². The van der Waals surface area contributed by atoms with Gasteiger partial charge in [-0.25, -0.2) is 0 Å². The molecule has 72 valence electrons. The fourth-order valence-corrected chi connectivity index (χ4v) is 3.06. The standard InChI is InChI=1S/C9H12ClNOS/c10-8-6-9(12)11(13-8)7-4-2-1-3-5-7/h6-7H,1-5H2. The van der Waals surface area contributed by atoms with E-state index in [2.05, 4.69) is 0 Å². The Kier molecular flexibility index (Phi) is 2.74. The number of hydrogen-bond donors (Lipinski definition) is 0. The highest BCUT2D eigenvalue weighted by Gasteiger charge is 2.17. The summed E-state index contributed by atoms with van der Waals surface area (Å²) in [6, 6.07) is 1.93. The van der Waals surface area contributed by atoms with E-state index in [1.807, 2.05) is 3.96 Å². The quantitative estimate of drug-likeness (QED) is 0.709. The lowest BCUT2D eigenvalue weighted by Gasteiger charge is -2.21. The molecule has 0 spiro atoms. The summed E-state index contributed by atoms with van der Waals surface area (Å²) >= 11 is 7.17. The summed E-state index contributed by atoms with van der Waals surface area (Å²) < 4.78 is 2.44. The van der Waals surface area contributed by atoms with Crippen molar-refractivity contribution < 1.29 is 0 Å². The van der Waals surface area contributed by atoms with Gasteiger partial charge in [0.25, 0.3) is 5.56 Å². The van der Waals surface area contributed by atoms with E-state index in [0.29, 0.717) is 10.4 Å². The topological polar surface area (TPSA) is 22.0 Å². The summed E-state index contributed by atoms with van der Waals surface area (Å²) in [5, 5.41) is 0. The first-order valence-corrected chi connectivity index (χ1v) is 5.81. The molecule has 0 unspecified atom stereocenters. The molecule has 2 rings (SSSR count). The first kappa shape index (κ1) is 9.28. The molecule has 1 aromatic rings. The van der Waals surface area contributed by atoms with Crippen molar-refractivity contribution in [2.75, 3.05) is 0 Å². The number of rotatable bonds is 1. The second-order valence-electron chi connectivity index (χ2n) is 3.50. The van der Waals surface area contributed by atoms with Crippen molar-refractivity contribution in [3.05, 3.63) is 20.8 Å². The largest absolute Gasteiger partial charge is 0.268 e. The molecule has 4 heteroatoms. The molecule has 0 N–H and O–H groups in total. The minimum absolute atomic E-state index is 0.0712. The van der Waals surface area contributed by atoms with Crippen molar-refractivity contribution in [2.24, 2.45) is 0 Å². The summed E-state index contributed by atoms with van der Waals surface area (Å²) in [6.07, 6.45) is 6.07. The Hall–Kier alpha value is -0.280. The van der Waals surface area contributed by atoms with Gasteiger partial charge in [-0.1, -0.05) is 30.9 Å². The highest BCUT2D eigenvalue weighted by atomic mass is 35.5. The van der Waals surface area contributed by atoms with Crippen LogP contribution in [0.5, 0.6) is 0 Å². The molecule has 1 aromatic heterocycles. The maximum Gasteiger partial charge on any atom is 0.262 e. The molecule has 0 atom stereocenters. The van der Waals surface area contributed by atoms with Crippen LogP contribution in [0.1, 0.15) is 38.1 Å². The summed E-state index contributed by atoms with van der Waals surface area (Å²) in [5.41, 5.74) is 0.0712. The summed E-state index contributed by atoms with van der Waals surface area (Å²) in [7, 11) is 0. The molecule has 0 bridgehead atoms. The van der Waals surface area contributed by atoms with E-state index in [4.69, 9.17) is 11.6 Å². The van der Waals surface area contributed by atoms with Crippen LogP contribution >= 0.6 is 23.1 Å². The van der Waals surface area contributed by atoms with Gasteiger partial charge in [0, 0.05) is 12.1 Å². The number of halogens is 1. The molecule has 1 aliphatic rings. The Balaban J connectivity index is 2.23. The lowest BCUT2D eigenvalue weighted by Crippen LogP contribution is -2.20. The van der Waals surface area contributed by atoms with E-state index in [0.717, 1.165) is 12.8 Å². The summed E-state index contributed by atoms with van der Waals surface area (Å²) in [4.78, 5) is 11.4. The summed E-state index contributed by atoms with van der Waals surface area (Å²) in [5.74, 6) is 0. The lowest BCUT2D eigenvalue weighted by atomic mass is 9.96. The van der Waals surface area contributed by atoms with Crippen LogP contribution in [0.3, 0.4) is 0 Å². The highest BCUT2D eigenvalue weighted by molar-refractivity contribution is 7.11. The predicted molar refractivity (Wildman–Crippen MR) is 55.7 cm³/mol. The molecule has 1 heterocycles. The number of aromatic nitrogens is 1. The smallest absolute Gasteiger partial charge is 0.262 e. The van der Waals surface area contributed by atoms with Gasteiger partial charge < -0.3 is 0 Å². The zero-order valence-corrected chi connectivity index (χ0v) is 8.90. The molecule has 1 fully saturated rings. The first-order chi connectivity index (χ1) is 6.27. The molecule has 1 saturated carbocycles. The first-order valence-electron chi connectivity index (χ1n) is 4.66. The van der Waals surface area contributed by atoms with Gasteiger partial charge in [-0.3, -0.25) is 8.75 Å². The van der Waals surface area contributed by atoms with Crippen molar-refractivity contribution in [1.82, 2.24) is 3.96 Å². The normalized spacial score (nSPS) is 19.2. The lowest BCUT2D eigenvalue weighted by molar-refractivity contribution is 0.365. The van der Waals surface area contributed by atoms with E-state index < -0.39 is 0 Å². The van der Waals surface area contributed by atoms with Crippen LogP contribution in [0.25, 0.3) is 0 Å². The van der Waals surface area contributed by atoms with E-state index in [1.165, 1.54) is 36.9 Å². The van der Waals surface area contributed by atoms with E-state index in [9.17, 15) is 4.79 Å². The van der Waals surface area contributed by atoms with Gasteiger partial charge in [0.15, 0.2) is 0 Å². The third kappa shape index (κ3) is 1.97. The average Bonchev–Trinajstić information content (AvgIpc) is 2.47. The highest BCUT2D eigenvalue weighted by Crippen LogP contribution is 2.29. The zero-order chi connectivity index (χ0) is 9.26. The summed E-state index contributed by atoms with van der Waals surface area (Å²) in [6.45, 7) is 0. The van der Waals surface area contributed by atoms with Crippen LogP contribution in [0, 0.1) is 0 Å². The Morgan fingerprint density at radius 3 is 2.62 bits per heavy atom. The second kappa shape index (κ2) is 3.84. The maximum atomic E-state index is 11.4. The van der Waals surface area contributed by atoms with Crippen molar-refractivity contribution in [1.29, 1.82) is 0 Å². The van der Waals surface area contributed by atoms with Crippen LogP contribution in [-0.2, 0) is 0 Å². The molecule has 0 amide bonds. The van der Waals surface area contributed by atoms with Crippen LogP contribution in [0.15, 0.2) is 10.9 Å². The van der Waals surface area contributed by atoms with Gasteiger partial charge >= 0.3 is 0 Å². The third-order valence-electron chi connectivity index (χ3n) is 2.55. The van der Waals surface area contributed by atoms with Crippen LogP contribution in [0.4, 0.5) is 0 Å². The monoisotopic (exact) mass is 217 g/mol. The number of nitrogens with zero attached hydrogens (tertiary/aromatic N) is 1. The molecule has 0 radical (unpaired) electrons. The number of hydrogen-bond acceptors (Lipinski definition) is 2. The van der Waals surface area contributed by atoms with Crippen molar-refractivity contribution in [3.63, 3.8) is 0 Å². The van der Waals surface area contributed by atoms with E-state index >= 15 is 0 Å². The minimum Gasteiger partial charge on any atom is -0.268 e. The molecule has 0 aliphatic heterocycles. The van der Waals surface area contributed by atoms with Crippen molar-refractivity contribution in [3.8, 4) is 0 Å². The Bertz CT molecular complexity index is 338. The van der Waals surface area contributed by atoms with Crippen molar-refractivity contribution >= 4 is 23.1 Å². The molecular formula is C9H12ClNOS. The zero-order valence-electron chi connectivity index (χ0n) is 7.33. The van der Waals surface area contributed by atoms with Gasteiger partial charge in [0.05, 0.1) is 0 Å². The van der Waals surface area contributed by atoms with Crippen LogP contribution in [0.2, 0.25) is 4.34 Å². The van der Waals surface area contributed by atoms with Gasteiger partial charge in [-0.15, -0.1) is 0 Å². The van der Waals surface area contributed by atoms with Gasteiger partial charge in [-0.2, -0.15) is 0 Å². The second-order valence-corrected chi connectivity index (χ2v) is 5.14. The molecule has 13 heavy (non-hydrogen) atoms. The van der Waals surface area contributed by atoms with Crippen molar-refractivity contribution in [2.45, 2.75) is 38.1 Å². The SMILES string of the molecule is O=c1cc(Cl)sn1C1CCCCC1. The van der Waals surface area contributed by atoms with E-state index in [1.54, 1.807) is 0 Å². The Morgan fingerprint density at radius 2 is 2.08 bits per heavy atom. The molecule has 1 aliphatic carbocycles. The van der Waals surface area contributed by atoms with E-state index in [-0.39, 0.29) is 5.56 Å². The van der Waals surface area contributed by atoms with Gasteiger partial charge in [-0.05, 0) is 24.4 Å². The molecule has 2 nitrogen and oxygen atoms in total. The molecule has 0 saturated heterocycles. The Morgan fingerprint density at radius 1 is 1.38 bits per heavy atom. The fourth-order valence-electron chi connectivity index (χ4n) is 1.90. The fraction of sp³-hybridized carbons (Fsp3) is 0.667. The maximum absolute atomic E-state index is 11.4.